The van der Waals surface area contributed by atoms with Crippen LogP contribution in [-0.2, 0) is 27.8 Å². The minimum absolute atomic E-state index is 0.150. The lowest BCUT2D eigenvalue weighted by Gasteiger charge is -2.26. The van der Waals surface area contributed by atoms with Crippen molar-refractivity contribution in [1.29, 1.82) is 0 Å². The third-order valence-corrected chi connectivity index (χ3v) is 7.60. The first kappa shape index (κ1) is 25.1. The van der Waals surface area contributed by atoms with Crippen molar-refractivity contribution in [2.75, 3.05) is 46.6 Å². The van der Waals surface area contributed by atoms with Gasteiger partial charge in [-0.3, -0.25) is 9.88 Å². The zero-order valence-electron chi connectivity index (χ0n) is 19.9. The molecule has 0 aliphatic carbocycles. The number of sulfonamides is 1. The summed E-state index contributed by atoms with van der Waals surface area (Å²) < 4.78 is 45.1. The molecule has 1 aliphatic rings. The van der Waals surface area contributed by atoms with Gasteiger partial charge in [0.2, 0.25) is 10.0 Å². The fourth-order valence-electron chi connectivity index (χ4n) is 3.85. The number of ether oxygens (including phenoxy) is 3. The summed E-state index contributed by atoms with van der Waals surface area (Å²) in [5.41, 5.74) is 1.50. The summed E-state index contributed by atoms with van der Waals surface area (Å²) in [6.07, 6.45) is 1.66. The van der Waals surface area contributed by atoms with Gasteiger partial charge in [-0.15, -0.1) is 0 Å². The Hall–Kier alpha value is -2.98. The van der Waals surface area contributed by atoms with Crippen LogP contribution in [0.15, 0.2) is 77.8 Å². The van der Waals surface area contributed by atoms with Crippen LogP contribution in [0, 0.1) is 0 Å². The maximum absolute atomic E-state index is 13.6. The van der Waals surface area contributed by atoms with Gasteiger partial charge in [0.1, 0.15) is 18.1 Å². The Kier molecular flexibility index (Phi) is 8.70. The second kappa shape index (κ2) is 12.1. The highest BCUT2D eigenvalue weighted by molar-refractivity contribution is 7.89. The average Bonchev–Trinajstić information content (AvgIpc) is 2.90. The van der Waals surface area contributed by atoms with Crippen molar-refractivity contribution in [3.8, 4) is 11.5 Å². The molecule has 3 aromatic rings. The van der Waals surface area contributed by atoms with Crippen LogP contribution < -0.4 is 9.47 Å². The zero-order valence-corrected chi connectivity index (χ0v) is 20.7. The summed E-state index contributed by atoms with van der Waals surface area (Å²) in [6.45, 7) is 5.05. The van der Waals surface area contributed by atoms with Crippen LogP contribution in [0.25, 0.3) is 0 Å². The van der Waals surface area contributed by atoms with Crippen molar-refractivity contribution in [2.24, 2.45) is 0 Å². The Morgan fingerprint density at radius 1 is 0.971 bits per heavy atom. The fraction of sp³-hybridized carbons (Fsp3) is 0.346. The minimum atomic E-state index is -3.79. The molecule has 0 spiro atoms. The van der Waals surface area contributed by atoms with Crippen LogP contribution in [0.4, 0.5) is 0 Å². The number of benzene rings is 2. The van der Waals surface area contributed by atoms with Crippen LogP contribution in [0.3, 0.4) is 0 Å². The standard InChI is InChI=1S/C26H31N3O5S/c1-32-24-8-10-26(11-9-24)35(30,31)29(21-23-6-2-3-12-27-23)20-22-5-4-7-25(19-22)34-18-15-28-13-16-33-17-14-28/h2-12,19H,13-18,20-21H2,1H3. The van der Waals surface area contributed by atoms with Crippen LogP contribution in [-0.4, -0.2) is 69.2 Å². The van der Waals surface area contributed by atoms with Crippen LogP contribution in [0.1, 0.15) is 11.3 Å². The van der Waals surface area contributed by atoms with E-state index in [1.165, 1.54) is 4.31 Å². The lowest BCUT2D eigenvalue weighted by Crippen LogP contribution is -2.38. The second-order valence-corrected chi connectivity index (χ2v) is 10.2. The molecular weight excluding hydrogens is 466 g/mol. The molecule has 2 heterocycles. The van der Waals surface area contributed by atoms with E-state index in [4.69, 9.17) is 14.2 Å². The summed E-state index contributed by atoms with van der Waals surface area (Å²) in [6, 6.07) is 19.5. The van der Waals surface area contributed by atoms with Crippen LogP contribution in [0.2, 0.25) is 0 Å². The first-order valence-electron chi connectivity index (χ1n) is 11.6. The van der Waals surface area contributed by atoms with Crippen molar-refractivity contribution < 1.29 is 22.6 Å². The number of nitrogens with zero attached hydrogens (tertiary/aromatic N) is 3. The molecule has 4 rings (SSSR count). The van der Waals surface area contributed by atoms with Crippen molar-refractivity contribution in [3.05, 3.63) is 84.2 Å². The maximum Gasteiger partial charge on any atom is 0.243 e. The molecule has 1 fully saturated rings. The Balaban J connectivity index is 1.49. The lowest BCUT2D eigenvalue weighted by molar-refractivity contribution is 0.0322. The number of methoxy groups -OCH3 is 1. The summed E-state index contributed by atoms with van der Waals surface area (Å²) in [4.78, 5) is 6.84. The highest BCUT2D eigenvalue weighted by atomic mass is 32.2. The number of pyridine rings is 1. The van der Waals surface area contributed by atoms with E-state index >= 15 is 0 Å². The molecule has 0 bridgehead atoms. The molecule has 0 atom stereocenters. The largest absolute Gasteiger partial charge is 0.497 e. The number of hydrogen-bond acceptors (Lipinski definition) is 7. The number of hydrogen-bond donors (Lipinski definition) is 0. The van der Waals surface area contributed by atoms with Gasteiger partial charge in [-0.2, -0.15) is 4.31 Å². The number of morpholine rings is 1. The highest BCUT2D eigenvalue weighted by Gasteiger charge is 2.25. The lowest BCUT2D eigenvalue weighted by atomic mass is 10.2. The normalized spacial score (nSPS) is 14.7. The van der Waals surface area contributed by atoms with Gasteiger partial charge < -0.3 is 14.2 Å². The van der Waals surface area contributed by atoms with Gasteiger partial charge in [0.25, 0.3) is 0 Å². The molecule has 0 N–H and O–H groups in total. The van der Waals surface area contributed by atoms with E-state index in [0.29, 0.717) is 18.1 Å². The zero-order chi connectivity index (χ0) is 24.5. The minimum Gasteiger partial charge on any atom is -0.497 e. The quantitative estimate of drug-likeness (QED) is 0.402. The monoisotopic (exact) mass is 497 g/mol. The van der Waals surface area contributed by atoms with Gasteiger partial charge in [0.15, 0.2) is 0 Å². The molecule has 0 saturated carbocycles. The summed E-state index contributed by atoms with van der Waals surface area (Å²) >= 11 is 0. The maximum atomic E-state index is 13.6. The van der Waals surface area contributed by atoms with E-state index in [-0.39, 0.29) is 18.0 Å². The van der Waals surface area contributed by atoms with Crippen molar-refractivity contribution in [2.45, 2.75) is 18.0 Å². The molecule has 35 heavy (non-hydrogen) atoms. The SMILES string of the molecule is COc1ccc(S(=O)(=O)N(Cc2cccc(OCCN3CCOCC3)c2)Cc2ccccn2)cc1. The molecule has 1 aliphatic heterocycles. The molecule has 0 amide bonds. The second-order valence-electron chi connectivity index (χ2n) is 8.22. The molecule has 186 valence electrons. The Bertz CT molecular complexity index is 1170. The van der Waals surface area contributed by atoms with Gasteiger partial charge in [-0.05, 0) is 54.1 Å². The van der Waals surface area contributed by atoms with Gasteiger partial charge in [-0.25, -0.2) is 8.42 Å². The van der Waals surface area contributed by atoms with E-state index in [1.807, 2.05) is 42.5 Å². The van der Waals surface area contributed by atoms with E-state index in [2.05, 4.69) is 9.88 Å². The van der Waals surface area contributed by atoms with E-state index < -0.39 is 10.0 Å². The first-order valence-corrected chi connectivity index (χ1v) is 13.0. The molecular formula is C26H31N3O5S. The van der Waals surface area contributed by atoms with Crippen molar-refractivity contribution in [3.63, 3.8) is 0 Å². The summed E-state index contributed by atoms with van der Waals surface area (Å²) in [5, 5.41) is 0. The predicted molar refractivity (Wildman–Crippen MR) is 133 cm³/mol. The van der Waals surface area contributed by atoms with Gasteiger partial charge in [0, 0.05) is 32.4 Å². The molecule has 9 heteroatoms. The Morgan fingerprint density at radius 2 is 1.77 bits per heavy atom. The van der Waals surface area contributed by atoms with Gasteiger partial charge in [0.05, 0.1) is 37.5 Å². The molecule has 0 unspecified atom stereocenters. The Morgan fingerprint density at radius 3 is 2.49 bits per heavy atom. The fourth-order valence-corrected chi connectivity index (χ4v) is 5.25. The molecule has 1 saturated heterocycles. The number of aromatic nitrogens is 1. The third-order valence-electron chi connectivity index (χ3n) is 5.80. The van der Waals surface area contributed by atoms with Gasteiger partial charge in [-0.1, -0.05) is 18.2 Å². The van der Waals surface area contributed by atoms with Crippen LogP contribution >= 0.6 is 0 Å². The topological polar surface area (TPSA) is 81.2 Å². The summed E-state index contributed by atoms with van der Waals surface area (Å²) in [5.74, 6) is 1.32. The van der Waals surface area contributed by atoms with E-state index in [9.17, 15) is 8.42 Å². The highest BCUT2D eigenvalue weighted by Crippen LogP contribution is 2.24. The van der Waals surface area contributed by atoms with Crippen molar-refractivity contribution >= 4 is 10.0 Å². The van der Waals surface area contributed by atoms with E-state index in [1.54, 1.807) is 37.6 Å². The van der Waals surface area contributed by atoms with E-state index in [0.717, 1.165) is 44.2 Å². The van der Waals surface area contributed by atoms with Crippen molar-refractivity contribution in [1.82, 2.24) is 14.2 Å². The first-order chi connectivity index (χ1) is 17.0. The smallest absolute Gasteiger partial charge is 0.243 e. The molecule has 8 nitrogen and oxygen atoms in total. The molecule has 2 aromatic carbocycles. The molecule has 0 radical (unpaired) electrons. The van der Waals surface area contributed by atoms with Gasteiger partial charge >= 0.3 is 0 Å². The predicted octanol–water partition coefficient (Wildman–Crippen LogP) is 3.19. The average molecular weight is 498 g/mol. The number of rotatable bonds is 11. The summed E-state index contributed by atoms with van der Waals surface area (Å²) in [7, 11) is -2.24. The van der Waals surface area contributed by atoms with Crippen LogP contribution in [0.5, 0.6) is 11.5 Å². The molecule has 1 aromatic heterocycles. The Labute approximate surface area is 207 Å². The third kappa shape index (κ3) is 7.02.